The highest BCUT2D eigenvalue weighted by Gasteiger charge is 2.20. The summed E-state index contributed by atoms with van der Waals surface area (Å²) in [6.07, 6.45) is 74.2. The van der Waals surface area contributed by atoms with Crippen LogP contribution in [-0.4, -0.2) is 47.4 Å². The van der Waals surface area contributed by atoms with Crippen molar-refractivity contribution in [3.05, 3.63) is 0 Å². The van der Waals surface area contributed by atoms with Gasteiger partial charge >= 0.3 is 5.97 Å². The fraction of sp³-hybridized carbons (Fsp3) is 0.970. The van der Waals surface area contributed by atoms with E-state index in [1.807, 2.05) is 0 Å². The van der Waals surface area contributed by atoms with Crippen LogP contribution in [0.3, 0.4) is 0 Å². The van der Waals surface area contributed by atoms with Gasteiger partial charge in [0.2, 0.25) is 5.91 Å². The molecule has 430 valence electrons. The average Bonchev–Trinajstić information content (AvgIpc) is 3.38. The van der Waals surface area contributed by atoms with E-state index in [2.05, 4.69) is 19.2 Å². The summed E-state index contributed by atoms with van der Waals surface area (Å²) in [7, 11) is 0. The molecule has 0 spiro atoms. The maximum atomic E-state index is 12.5. The topological polar surface area (TPSA) is 95.9 Å². The number of rotatable bonds is 63. The van der Waals surface area contributed by atoms with Crippen LogP contribution in [0.2, 0.25) is 0 Å². The molecule has 6 nitrogen and oxygen atoms in total. The smallest absolute Gasteiger partial charge is 0.305 e. The molecule has 2 atom stereocenters. The van der Waals surface area contributed by atoms with Crippen LogP contribution in [0.5, 0.6) is 0 Å². The van der Waals surface area contributed by atoms with E-state index in [9.17, 15) is 19.8 Å². The van der Waals surface area contributed by atoms with Crippen LogP contribution in [0.25, 0.3) is 0 Å². The van der Waals surface area contributed by atoms with Crippen LogP contribution in [0.15, 0.2) is 0 Å². The Balaban J connectivity index is 3.31. The van der Waals surface area contributed by atoms with Gasteiger partial charge in [0.15, 0.2) is 0 Å². The third-order valence-electron chi connectivity index (χ3n) is 15.9. The lowest BCUT2D eigenvalue weighted by atomic mass is 10.0. The molecule has 1 amide bonds. The highest BCUT2D eigenvalue weighted by molar-refractivity contribution is 5.76. The molecular formula is C66H131NO5. The number of unbranched alkanes of at least 4 members (excludes halogenated alkanes) is 52. The normalized spacial score (nSPS) is 12.4. The first-order chi connectivity index (χ1) is 35.5. The molecule has 0 saturated heterocycles. The number of ether oxygens (including phenoxy) is 1. The van der Waals surface area contributed by atoms with Crippen LogP contribution < -0.4 is 5.32 Å². The number of nitrogens with one attached hydrogen (secondary N) is 1. The van der Waals surface area contributed by atoms with E-state index in [0.29, 0.717) is 25.9 Å². The maximum Gasteiger partial charge on any atom is 0.305 e. The summed E-state index contributed by atoms with van der Waals surface area (Å²) in [5, 5.41) is 23.2. The second kappa shape index (κ2) is 62.4. The van der Waals surface area contributed by atoms with E-state index >= 15 is 0 Å². The Labute approximate surface area is 451 Å². The monoisotopic (exact) mass is 1020 g/mol. The van der Waals surface area contributed by atoms with Crippen molar-refractivity contribution in [1.82, 2.24) is 5.32 Å². The van der Waals surface area contributed by atoms with Crippen LogP contribution in [0, 0.1) is 0 Å². The summed E-state index contributed by atoms with van der Waals surface area (Å²) in [5.74, 6) is -0.00928. The molecule has 0 heterocycles. The van der Waals surface area contributed by atoms with E-state index in [1.54, 1.807) is 0 Å². The first-order valence-electron chi connectivity index (χ1n) is 33.3. The number of esters is 1. The highest BCUT2D eigenvalue weighted by Crippen LogP contribution is 2.19. The number of carbonyl (C=O) groups excluding carboxylic acids is 2. The van der Waals surface area contributed by atoms with Crippen molar-refractivity contribution in [2.45, 2.75) is 398 Å². The Morgan fingerprint density at radius 2 is 0.569 bits per heavy atom. The zero-order valence-corrected chi connectivity index (χ0v) is 49.2. The third-order valence-corrected chi connectivity index (χ3v) is 15.9. The van der Waals surface area contributed by atoms with Crippen molar-refractivity contribution < 1.29 is 24.5 Å². The molecule has 0 fully saturated rings. The molecule has 2 unspecified atom stereocenters. The van der Waals surface area contributed by atoms with Gasteiger partial charge in [0.05, 0.1) is 25.4 Å². The predicted molar refractivity (Wildman–Crippen MR) is 315 cm³/mol. The Bertz CT molecular complexity index is 1040. The third kappa shape index (κ3) is 58.1. The second-order valence-corrected chi connectivity index (χ2v) is 23.2. The molecule has 0 radical (unpaired) electrons. The quantitative estimate of drug-likeness (QED) is 0.0417. The molecule has 0 aromatic heterocycles. The van der Waals surface area contributed by atoms with Gasteiger partial charge in [-0.1, -0.05) is 348 Å². The van der Waals surface area contributed by atoms with Gasteiger partial charge < -0.3 is 20.3 Å². The van der Waals surface area contributed by atoms with Gasteiger partial charge in [-0.05, 0) is 25.7 Å². The zero-order valence-electron chi connectivity index (χ0n) is 49.2. The molecule has 0 aliphatic carbocycles. The van der Waals surface area contributed by atoms with Gasteiger partial charge in [0.1, 0.15) is 0 Å². The lowest BCUT2D eigenvalue weighted by Crippen LogP contribution is -2.45. The van der Waals surface area contributed by atoms with Gasteiger partial charge in [-0.25, -0.2) is 0 Å². The molecule has 0 aromatic carbocycles. The lowest BCUT2D eigenvalue weighted by molar-refractivity contribution is -0.143. The standard InChI is InChI=1S/C66H131NO5/c1-3-5-7-9-11-13-15-17-18-19-30-33-36-40-44-48-52-56-60-66(71)72-61-57-53-49-45-41-37-34-31-28-26-24-22-20-21-23-25-27-29-32-35-39-43-47-51-55-59-65(70)67-63(62-68)64(69)58-54-50-46-42-38-16-14-12-10-8-6-4-2/h63-64,68-69H,3-62H2,1-2H3,(H,67,70). The zero-order chi connectivity index (χ0) is 52.2. The van der Waals surface area contributed by atoms with Crippen molar-refractivity contribution in [2.24, 2.45) is 0 Å². The second-order valence-electron chi connectivity index (χ2n) is 23.2. The first-order valence-corrected chi connectivity index (χ1v) is 33.3. The van der Waals surface area contributed by atoms with E-state index < -0.39 is 12.1 Å². The Morgan fingerprint density at radius 3 is 0.847 bits per heavy atom. The van der Waals surface area contributed by atoms with Crippen LogP contribution >= 0.6 is 0 Å². The van der Waals surface area contributed by atoms with Crippen LogP contribution in [-0.2, 0) is 14.3 Å². The van der Waals surface area contributed by atoms with Crippen molar-refractivity contribution in [1.29, 1.82) is 0 Å². The van der Waals surface area contributed by atoms with E-state index in [-0.39, 0.29) is 18.5 Å². The minimum Gasteiger partial charge on any atom is -0.466 e. The number of hydrogen-bond donors (Lipinski definition) is 3. The summed E-state index contributed by atoms with van der Waals surface area (Å²) in [4.78, 5) is 24.6. The number of aliphatic hydroxyl groups is 2. The van der Waals surface area contributed by atoms with Gasteiger partial charge in [0.25, 0.3) is 0 Å². The van der Waals surface area contributed by atoms with Gasteiger partial charge in [-0.3, -0.25) is 9.59 Å². The van der Waals surface area contributed by atoms with E-state index in [0.717, 1.165) is 38.5 Å². The molecular weight excluding hydrogens is 887 g/mol. The first kappa shape index (κ1) is 70.9. The van der Waals surface area contributed by atoms with Gasteiger partial charge in [-0.2, -0.15) is 0 Å². The molecule has 0 bridgehead atoms. The summed E-state index contributed by atoms with van der Waals surface area (Å²) in [6.45, 7) is 4.99. The van der Waals surface area contributed by atoms with E-state index in [4.69, 9.17) is 4.74 Å². The number of amides is 1. The summed E-state index contributed by atoms with van der Waals surface area (Å²) in [5.41, 5.74) is 0. The fourth-order valence-electron chi connectivity index (χ4n) is 10.8. The molecule has 0 rings (SSSR count). The number of aliphatic hydroxyl groups excluding tert-OH is 2. The van der Waals surface area contributed by atoms with Gasteiger partial charge in [-0.15, -0.1) is 0 Å². The Morgan fingerprint density at radius 1 is 0.333 bits per heavy atom. The summed E-state index contributed by atoms with van der Waals surface area (Å²) >= 11 is 0. The minimum atomic E-state index is -0.661. The molecule has 0 aromatic rings. The molecule has 0 aliphatic heterocycles. The highest BCUT2D eigenvalue weighted by atomic mass is 16.5. The Kier molecular flexibility index (Phi) is 61.4. The van der Waals surface area contributed by atoms with Crippen molar-refractivity contribution in [3.8, 4) is 0 Å². The maximum absolute atomic E-state index is 12.5. The number of hydrogen-bond acceptors (Lipinski definition) is 5. The molecule has 0 aliphatic rings. The van der Waals surface area contributed by atoms with Crippen LogP contribution in [0.4, 0.5) is 0 Å². The number of carbonyl (C=O) groups is 2. The molecule has 0 saturated carbocycles. The molecule has 72 heavy (non-hydrogen) atoms. The Hall–Kier alpha value is -1.14. The van der Waals surface area contributed by atoms with Crippen molar-refractivity contribution in [2.75, 3.05) is 13.2 Å². The molecule has 6 heteroatoms. The molecule has 3 N–H and O–H groups in total. The van der Waals surface area contributed by atoms with Crippen LogP contribution in [0.1, 0.15) is 386 Å². The summed E-state index contributed by atoms with van der Waals surface area (Å²) < 4.78 is 5.51. The SMILES string of the molecule is CCCCCCCCCCCCCCCCCCCCC(=O)OCCCCCCCCCCCCCCCCCCCCCCCCCCCC(=O)NC(CO)C(O)CCCCCCCCCCCCCC. The van der Waals surface area contributed by atoms with Gasteiger partial charge in [0, 0.05) is 12.8 Å². The van der Waals surface area contributed by atoms with Crippen molar-refractivity contribution in [3.63, 3.8) is 0 Å². The predicted octanol–water partition coefficient (Wildman–Crippen LogP) is 21.0. The summed E-state index contributed by atoms with van der Waals surface area (Å²) in [6, 6.07) is -0.538. The minimum absolute atomic E-state index is 0.0219. The fourth-order valence-corrected chi connectivity index (χ4v) is 10.8. The van der Waals surface area contributed by atoms with E-state index in [1.165, 1.54) is 315 Å². The largest absolute Gasteiger partial charge is 0.466 e. The van der Waals surface area contributed by atoms with Crippen molar-refractivity contribution >= 4 is 11.9 Å². The lowest BCUT2D eigenvalue weighted by Gasteiger charge is -2.22. The average molecular weight is 1020 g/mol.